The highest BCUT2D eigenvalue weighted by Crippen LogP contribution is 2.42. The predicted octanol–water partition coefficient (Wildman–Crippen LogP) is 8.03. The van der Waals surface area contributed by atoms with E-state index in [0.717, 1.165) is 57.9 Å². The van der Waals surface area contributed by atoms with Crippen molar-refractivity contribution in [2.45, 2.75) is 33.7 Å². The van der Waals surface area contributed by atoms with Crippen molar-refractivity contribution >= 4 is 64.1 Å². The molecule has 0 N–H and O–H groups in total. The lowest BCUT2D eigenvalue weighted by Gasteiger charge is -2.32. The van der Waals surface area contributed by atoms with Gasteiger partial charge >= 0.3 is 0 Å². The van der Waals surface area contributed by atoms with Crippen LogP contribution in [0.25, 0.3) is 5.57 Å². The lowest BCUT2D eigenvalue weighted by Crippen LogP contribution is -2.36. The van der Waals surface area contributed by atoms with Gasteiger partial charge in [-0.3, -0.25) is 9.69 Å². The number of rotatable bonds is 18. The fourth-order valence-electron chi connectivity index (χ4n) is 6.34. The summed E-state index contributed by atoms with van der Waals surface area (Å²) in [6, 6.07) is 14.0. The summed E-state index contributed by atoms with van der Waals surface area (Å²) in [6.07, 6.45) is 6.41. The van der Waals surface area contributed by atoms with E-state index in [9.17, 15) is 4.79 Å². The maximum atomic E-state index is 12.5. The Morgan fingerprint density at radius 2 is 1.48 bits per heavy atom. The Balaban J connectivity index is 1.35. The lowest BCUT2D eigenvalue weighted by molar-refractivity contribution is -0.110. The number of anilines is 1. The third-order valence-electron chi connectivity index (χ3n) is 8.68. The topological polar surface area (TPSA) is 32.8 Å². The lowest BCUT2D eigenvalue weighted by atomic mass is 9.76. The third kappa shape index (κ3) is 9.99. The van der Waals surface area contributed by atoms with Crippen LogP contribution in [-0.4, -0.2) is 96.1 Å². The quantitative estimate of drug-likeness (QED) is 0.145. The number of ether oxygens (including phenoxy) is 1. The van der Waals surface area contributed by atoms with E-state index in [1.54, 1.807) is 6.08 Å². The van der Waals surface area contributed by atoms with Gasteiger partial charge in [-0.05, 0) is 93.7 Å². The fraction of sp³-hybridized carbons (Fsp3) is 0.500. The van der Waals surface area contributed by atoms with E-state index in [-0.39, 0.29) is 5.78 Å². The molecular formula is C38H50N2O2S4. The minimum Gasteiger partial charge on any atom is -0.378 e. The molecule has 0 atom stereocenters. The summed E-state index contributed by atoms with van der Waals surface area (Å²) in [5.41, 5.74) is 11.4. The second-order valence-electron chi connectivity index (χ2n) is 11.9. The Hall–Kier alpha value is -1.55. The fourth-order valence-corrected chi connectivity index (χ4v) is 9.98. The van der Waals surface area contributed by atoms with Crippen molar-refractivity contribution in [3.8, 4) is 0 Å². The zero-order valence-corrected chi connectivity index (χ0v) is 31.1. The number of ketones is 1. The number of nitrogens with zero attached hydrogens (tertiary/aromatic N) is 2. The summed E-state index contributed by atoms with van der Waals surface area (Å²) in [6.45, 7) is 13.4. The molecule has 0 radical (unpaired) electrons. The number of hydrogen-bond acceptors (Lipinski definition) is 8. The molecule has 0 amide bonds. The average molecular weight is 695 g/mol. The van der Waals surface area contributed by atoms with Gasteiger partial charge in [0.25, 0.3) is 0 Å². The monoisotopic (exact) mass is 694 g/mol. The zero-order chi connectivity index (χ0) is 32.1. The Bertz CT molecular complexity index is 1400. The molecule has 0 unspecified atom stereocenters. The van der Waals surface area contributed by atoms with Gasteiger partial charge in [0, 0.05) is 72.9 Å². The Morgan fingerprint density at radius 1 is 0.804 bits per heavy atom. The SMILES string of the molecule is CCSCCSCCN(CCSCCSCC)Cc1ccc(C2=C3C=CC(=O)C=C3Cc3cc(N4CCOCC4)ccc32)c(C)c1. The van der Waals surface area contributed by atoms with Crippen LogP contribution >= 0.6 is 47.0 Å². The van der Waals surface area contributed by atoms with Gasteiger partial charge in [-0.2, -0.15) is 47.0 Å². The Morgan fingerprint density at radius 3 is 2.15 bits per heavy atom. The molecule has 2 aliphatic carbocycles. The molecule has 0 bridgehead atoms. The smallest absolute Gasteiger partial charge is 0.178 e. The van der Waals surface area contributed by atoms with E-state index in [1.165, 1.54) is 90.7 Å². The van der Waals surface area contributed by atoms with Crippen LogP contribution in [0.2, 0.25) is 0 Å². The van der Waals surface area contributed by atoms with E-state index < -0.39 is 0 Å². The molecule has 0 aromatic heterocycles. The van der Waals surface area contributed by atoms with Crippen LogP contribution in [0.15, 0.2) is 65.8 Å². The summed E-state index contributed by atoms with van der Waals surface area (Å²) in [5, 5.41) is 0. The second kappa shape index (κ2) is 18.8. The first kappa shape index (κ1) is 35.7. The van der Waals surface area contributed by atoms with Crippen molar-refractivity contribution in [2.75, 3.05) is 90.3 Å². The molecule has 1 aliphatic heterocycles. The standard InChI is InChI=1S/C38H50N2O2S4/c1-4-43-20-22-45-18-14-39(15-19-46-23-21-44-5-2)28-30-6-9-35(29(3)24-30)38-36-10-7-33(40-12-16-42-17-13-40)26-31(36)25-32-27-34(41)8-11-37(32)38/h6-11,24,26-27H,4-5,12-23,25,28H2,1-3H3. The van der Waals surface area contributed by atoms with Gasteiger partial charge in [0.15, 0.2) is 5.78 Å². The van der Waals surface area contributed by atoms with Crippen molar-refractivity contribution in [1.82, 2.24) is 4.90 Å². The van der Waals surface area contributed by atoms with Gasteiger partial charge in [0.1, 0.15) is 0 Å². The molecule has 1 fully saturated rings. The molecular weight excluding hydrogens is 645 g/mol. The molecule has 1 heterocycles. The molecule has 0 spiro atoms. The number of aryl methyl sites for hydroxylation is 1. The molecule has 3 aliphatic rings. The largest absolute Gasteiger partial charge is 0.378 e. The first-order chi connectivity index (χ1) is 22.6. The number of hydrogen-bond donors (Lipinski definition) is 0. The highest BCUT2D eigenvalue weighted by Gasteiger charge is 2.27. The van der Waals surface area contributed by atoms with Gasteiger partial charge in [-0.15, -0.1) is 0 Å². The molecule has 5 rings (SSSR count). The number of allylic oxidation sites excluding steroid dienone is 5. The number of fused-ring (bicyclic) bond motifs is 2. The molecule has 8 heteroatoms. The number of carbonyl (C=O) groups excluding carboxylic acids is 1. The molecule has 2 aromatic rings. The van der Waals surface area contributed by atoms with Crippen molar-refractivity contribution in [3.05, 3.63) is 93.6 Å². The summed E-state index contributed by atoms with van der Waals surface area (Å²) < 4.78 is 5.60. The van der Waals surface area contributed by atoms with Crippen LogP contribution < -0.4 is 4.90 Å². The second-order valence-corrected chi connectivity index (χ2v) is 17.1. The number of thioether (sulfide) groups is 4. The Kier molecular flexibility index (Phi) is 14.6. The van der Waals surface area contributed by atoms with Crippen molar-refractivity contribution in [3.63, 3.8) is 0 Å². The summed E-state index contributed by atoms with van der Waals surface area (Å²) >= 11 is 8.28. The first-order valence-corrected chi connectivity index (χ1v) is 21.5. The minimum absolute atomic E-state index is 0.0857. The normalized spacial score (nSPS) is 16.2. The van der Waals surface area contributed by atoms with Crippen molar-refractivity contribution in [2.24, 2.45) is 0 Å². The predicted molar refractivity (Wildman–Crippen MR) is 209 cm³/mol. The van der Waals surface area contributed by atoms with E-state index >= 15 is 0 Å². The van der Waals surface area contributed by atoms with Crippen LogP contribution in [0.4, 0.5) is 5.69 Å². The van der Waals surface area contributed by atoms with E-state index in [4.69, 9.17) is 4.74 Å². The van der Waals surface area contributed by atoms with Gasteiger partial charge in [0.2, 0.25) is 0 Å². The first-order valence-electron chi connectivity index (χ1n) is 16.8. The van der Waals surface area contributed by atoms with Crippen LogP contribution in [0.5, 0.6) is 0 Å². The van der Waals surface area contributed by atoms with Crippen molar-refractivity contribution < 1.29 is 9.53 Å². The third-order valence-corrected chi connectivity index (χ3v) is 12.9. The highest BCUT2D eigenvalue weighted by atomic mass is 32.2. The highest BCUT2D eigenvalue weighted by molar-refractivity contribution is 8.03. The Labute approximate surface area is 294 Å². The molecule has 248 valence electrons. The molecule has 4 nitrogen and oxygen atoms in total. The summed E-state index contributed by atoms with van der Waals surface area (Å²) in [7, 11) is 0. The van der Waals surface area contributed by atoms with E-state index in [0.29, 0.717) is 0 Å². The van der Waals surface area contributed by atoms with Gasteiger partial charge < -0.3 is 9.64 Å². The number of carbonyl (C=O) groups is 1. The van der Waals surface area contributed by atoms with Crippen LogP contribution in [0.1, 0.15) is 41.7 Å². The van der Waals surface area contributed by atoms with Gasteiger partial charge in [-0.25, -0.2) is 0 Å². The number of benzene rings is 2. The zero-order valence-electron chi connectivity index (χ0n) is 27.9. The van der Waals surface area contributed by atoms with Crippen molar-refractivity contribution in [1.29, 1.82) is 0 Å². The van der Waals surface area contributed by atoms with Crippen LogP contribution in [-0.2, 0) is 22.5 Å². The maximum absolute atomic E-state index is 12.5. The van der Waals surface area contributed by atoms with Crippen LogP contribution in [0.3, 0.4) is 0 Å². The summed E-state index contributed by atoms with van der Waals surface area (Å²) in [4.78, 5) is 17.5. The molecule has 2 aromatic carbocycles. The average Bonchev–Trinajstić information content (AvgIpc) is 3.07. The molecule has 0 saturated carbocycles. The summed E-state index contributed by atoms with van der Waals surface area (Å²) in [5.74, 6) is 9.88. The van der Waals surface area contributed by atoms with Gasteiger partial charge in [0.05, 0.1) is 13.2 Å². The maximum Gasteiger partial charge on any atom is 0.178 e. The number of morpholine rings is 1. The molecule has 46 heavy (non-hydrogen) atoms. The van der Waals surface area contributed by atoms with Gasteiger partial charge in [-0.1, -0.05) is 44.2 Å². The van der Waals surface area contributed by atoms with Crippen LogP contribution in [0, 0.1) is 6.92 Å². The molecule has 1 saturated heterocycles. The van der Waals surface area contributed by atoms with E-state index in [2.05, 4.69) is 90.5 Å². The van der Waals surface area contributed by atoms with E-state index in [1.807, 2.05) is 35.7 Å². The minimum atomic E-state index is 0.0857.